The summed E-state index contributed by atoms with van der Waals surface area (Å²) in [5.74, 6) is -2.15. The standard InChI is InChI=1S/C12H13BrF2N2OS/c1-3-12(2,10(16)19)11(18)17-9-7(13)4-6(14)5-8(9)15/h4-5H,3H2,1-2H3,(H2,16,19)(H,17,18). The van der Waals surface area contributed by atoms with Crippen molar-refractivity contribution >= 4 is 44.7 Å². The molecule has 0 aliphatic heterocycles. The third kappa shape index (κ3) is 3.27. The van der Waals surface area contributed by atoms with E-state index in [0.29, 0.717) is 12.5 Å². The van der Waals surface area contributed by atoms with Gasteiger partial charge in [0.05, 0.1) is 16.1 Å². The van der Waals surface area contributed by atoms with Gasteiger partial charge >= 0.3 is 0 Å². The first-order chi connectivity index (χ1) is 8.72. The van der Waals surface area contributed by atoms with E-state index in [1.54, 1.807) is 13.8 Å². The maximum Gasteiger partial charge on any atom is 0.237 e. The number of thiocarbonyl (C=S) groups is 1. The van der Waals surface area contributed by atoms with Crippen LogP contribution in [0, 0.1) is 17.0 Å². The second-order valence-corrected chi connectivity index (χ2v) is 5.54. The topological polar surface area (TPSA) is 55.1 Å². The van der Waals surface area contributed by atoms with Crippen LogP contribution in [0.5, 0.6) is 0 Å². The minimum Gasteiger partial charge on any atom is -0.392 e. The number of hydrogen-bond donors (Lipinski definition) is 2. The number of halogens is 3. The smallest absolute Gasteiger partial charge is 0.237 e. The molecular weight excluding hydrogens is 338 g/mol. The van der Waals surface area contributed by atoms with Crippen LogP contribution in [0.4, 0.5) is 14.5 Å². The van der Waals surface area contributed by atoms with Gasteiger partial charge in [-0.15, -0.1) is 0 Å². The Labute approximate surface area is 123 Å². The van der Waals surface area contributed by atoms with Gasteiger partial charge in [-0.3, -0.25) is 4.79 Å². The zero-order valence-electron chi connectivity index (χ0n) is 10.4. The van der Waals surface area contributed by atoms with Crippen LogP contribution in [-0.4, -0.2) is 10.9 Å². The highest BCUT2D eigenvalue weighted by Crippen LogP contribution is 2.30. The molecule has 0 fully saturated rings. The zero-order valence-corrected chi connectivity index (χ0v) is 12.8. The lowest BCUT2D eigenvalue weighted by Gasteiger charge is -2.25. The first-order valence-corrected chi connectivity index (χ1v) is 6.68. The number of hydrogen-bond acceptors (Lipinski definition) is 2. The average Bonchev–Trinajstić information content (AvgIpc) is 2.31. The Morgan fingerprint density at radius 2 is 2.11 bits per heavy atom. The Morgan fingerprint density at radius 3 is 2.53 bits per heavy atom. The van der Waals surface area contributed by atoms with Crippen molar-refractivity contribution in [3.05, 3.63) is 28.2 Å². The highest BCUT2D eigenvalue weighted by atomic mass is 79.9. The maximum absolute atomic E-state index is 13.6. The molecule has 0 aromatic heterocycles. The number of carbonyl (C=O) groups excluding carboxylic acids is 1. The molecule has 1 rings (SSSR count). The summed E-state index contributed by atoms with van der Waals surface area (Å²) in [7, 11) is 0. The average molecular weight is 351 g/mol. The molecule has 1 aromatic carbocycles. The predicted octanol–water partition coefficient (Wildman–Crippen LogP) is 3.37. The fraction of sp³-hybridized carbons (Fsp3) is 0.333. The Morgan fingerprint density at radius 1 is 1.53 bits per heavy atom. The first kappa shape index (κ1) is 16.0. The molecule has 1 aromatic rings. The number of carbonyl (C=O) groups is 1. The number of nitrogens with two attached hydrogens (primary N) is 1. The molecule has 19 heavy (non-hydrogen) atoms. The van der Waals surface area contributed by atoms with Gasteiger partial charge in [-0.1, -0.05) is 19.1 Å². The third-order valence-corrected chi connectivity index (χ3v) is 4.07. The summed E-state index contributed by atoms with van der Waals surface area (Å²) in [4.78, 5) is 12.2. The number of anilines is 1. The molecule has 0 saturated heterocycles. The van der Waals surface area contributed by atoms with Crippen molar-refractivity contribution in [2.45, 2.75) is 20.3 Å². The van der Waals surface area contributed by atoms with Crippen molar-refractivity contribution in [3.63, 3.8) is 0 Å². The van der Waals surface area contributed by atoms with Crippen LogP contribution in [0.15, 0.2) is 16.6 Å². The SMILES string of the molecule is CCC(C)(C(=O)Nc1c(F)cc(F)cc1Br)C(N)=S. The van der Waals surface area contributed by atoms with Crippen molar-refractivity contribution < 1.29 is 13.6 Å². The summed E-state index contributed by atoms with van der Waals surface area (Å²) in [6.07, 6.45) is 0.370. The molecule has 3 nitrogen and oxygen atoms in total. The fourth-order valence-electron chi connectivity index (χ4n) is 1.36. The van der Waals surface area contributed by atoms with Gasteiger partial charge in [0.15, 0.2) is 5.82 Å². The van der Waals surface area contributed by atoms with E-state index in [9.17, 15) is 13.6 Å². The Kier molecular flexibility index (Phi) is 4.98. The third-order valence-electron chi connectivity index (χ3n) is 3.00. The summed E-state index contributed by atoms with van der Waals surface area (Å²) >= 11 is 7.85. The van der Waals surface area contributed by atoms with Crippen LogP contribution >= 0.6 is 28.1 Å². The monoisotopic (exact) mass is 350 g/mol. The molecule has 0 radical (unpaired) electrons. The molecule has 0 bridgehead atoms. The van der Waals surface area contributed by atoms with E-state index in [0.717, 1.165) is 6.07 Å². The molecule has 1 atom stereocenters. The minimum absolute atomic E-state index is 0.0196. The maximum atomic E-state index is 13.6. The minimum atomic E-state index is -1.09. The van der Waals surface area contributed by atoms with Gasteiger partial charge in [0.25, 0.3) is 0 Å². The highest BCUT2D eigenvalue weighted by molar-refractivity contribution is 9.10. The van der Waals surface area contributed by atoms with Crippen LogP contribution in [0.25, 0.3) is 0 Å². The summed E-state index contributed by atoms with van der Waals surface area (Å²) in [6, 6.07) is 1.74. The van der Waals surface area contributed by atoms with Crippen molar-refractivity contribution in [2.75, 3.05) is 5.32 Å². The normalized spacial score (nSPS) is 13.7. The quantitative estimate of drug-likeness (QED) is 0.818. The summed E-state index contributed by atoms with van der Waals surface area (Å²) in [5, 5.41) is 2.38. The fourth-order valence-corrected chi connectivity index (χ4v) is 2.10. The molecule has 1 unspecified atom stereocenters. The highest BCUT2D eigenvalue weighted by Gasteiger charge is 2.35. The van der Waals surface area contributed by atoms with E-state index >= 15 is 0 Å². The molecule has 0 aliphatic carbocycles. The number of nitrogens with one attached hydrogen (secondary N) is 1. The van der Waals surface area contributed by atoms with Gasteiger partial charge in [0.2, 0.25) is 5.91 Å². The van der Waals surface area contributed by atoms with Crippen molar-refractivity contribution in [1.29, 1.82) is 0 Å². The van der Waals surface area contributed by atoms with Crippen molar-refractivity contribution in [3.8, 4) is 0 Å². The lowest BCUT2D eigenvalue weighted by Crippen LogP contribution is -2.43. The largest absolute Gasteiger partial charge is 0.392 e. The molecular formula is C12H13BrF2N2OS. The lowest BCUT2D eigenvalue weighted by molar-refractivity contribution is -0.121. The van der Waals surface area contributed by atoms with Crippen molar-refractivity contribution in [2.24, 2.45) is 11.1 Å². The van der Waals surface area contributed by atoms with Gasteiger partial charge in [-0.05, 0) is 35.3 Å². The van der Waals surface area contributed by atoms with Crippen molar-refractivity contribution in [1.82, 2.24) is 0 Å². The van der Waals surface area contributed by atoms with E-state index in [1.165, 1.54) is 0 Å². The van der Waals surface area contributed by atoms with E-state index in [-0.39, 0.29) is 15.1 Å². The molecule has 0 aliphatic rings. The van der Waals surface area contributed by atoms with Gasteiger partial charge in [-0.25, -0.2) is 8.78 Å². The lowest BCUT2D eigenvalue weighted by atomic mass is 9.86. The molecule has 0 heterocycles. The van der Waals surface area contributed by atoms with E-state index in [1.807, 2.05) is 0 Å². The summed E-state index contributed by atoms with van der Waals surface area (Å²) < 4.78 is 26.7. The molecule has 3 N–H and O–H groups in total. The number of amides is 1. The van der Waals surface area contributed by atoms with Crippen LogP contribution in [0.3, 0.4) is 0 Å². The van der Waals surface area contributed by atoms with Crippen LogP contribution in [0.1, 0.15) is 20.3 Å². The predicted molar refractivity (Wildman–Crippen MR) is 77.9 cm³/mol. The van der Waals surface area contributed by atoms with E-state index in [4.69, 9.17) is 18.0 Å². The Balaban J connectivity index is 3.10. The second-order valence-electron chi connectivity index (χ2n) is 4.25. The van der Waals surface area contributed by atoms with Gasteiger partial charge in [0.1, 0.15) is 5.82 Å². The molecule has 7 heteroatoms. The van der Waals surface area contributed by atoms with Gasteiger partial charge in [-0.2, -0.15) is 0 Å². The summed E-state index contributed by atoms with van der Waals surface area (Å²) in [6.45, 7) is 3.31. The van der Waals surface area contributed by atoms with Crippen LogP contribution in [-0.2, 0) is 4.79 Å². The van der Waals surface area contributed by atoms with Gasteiger partial charge in [0, 0.05) is 10.5 Å². The molecule has 104 valence electrons. The van der Waals surface area contributed by atoms with Crippen LogP contribution < -0.4 is 11.1 Å². The second kappa shape index (κ2) is 5.92. The van der Waals surface area contributed by atoms with Crippen LogP contribution in [0.2, 0.25) is 0 Å². The number of benzene rings is 1. The zero-order chi connectivity index (χ0) is 14.8. The van der Waals surface area contributed by atoms with Gasteiger partial charge < -0.3 is 11.1 Å². The van der Waals surface area contributed by atoms with E-state index < -0.39 is 23.0 Å². The first-order valence-electron chi connectivity index (χ1n) is 5.48. The molecule has 0 spiro atoms. The van der Waals surface area contributed by atoms with E-state index in [2.05, 4.69) is 21.2 Å². The summed E-state index contributed by atoms with van der Waals surface area (Å²) in [5.41, 5.74) is 4.32. The molecule has 1 amide bonds. The Bertz CT molecular complexity index is 515. The number of rotatable bonds is 4. The molecule has 0 saturated carbocycles. The Hall–Kier alpha value is -1.08.